The molecule has 8 heteroatoms. The first-order chi connectivity index (χ1) is 13.9. The number of thioether (sulfide) groups is 1. The molecular formula is C21H16ClNO4S2. The maximum Gasteiger partial charge on any atom is 0.265 e. The summed E-state index contributed by atoms with van der Waals surface area (Å²) in [6.45, 7) is 1.98. The third-order valence-electron chi connectivity index (χ3n) is 4.23. The summed E-state index contributed by atoms with van der Waals surface area (Å²) in [5, 5.41) is 0.474. The van der Waals surface area contributed by atoms with Crippen LogP contribution in [0.4, 0.5) is 0 Å². The maximum atomic E-state index is 13.3. The molecule has 1 unspecified atom stereocenters. The second-order valence-corrected chi connectivity index (χ2v) is 9.83. The molecule has 0 saturated carbocycles. The van der Waals surface area contributed by atoms with Gasteiger partial charge in [0, 0.05) is 10.3 Å². The van der Waals surface area contributed by atoms with Crippen molar-refractivity contribution >= 4 is 33.2 Å². The van der Waals surface area contributed by atoms with Gasteiger partial charge in [0.1, 0.15) is 0 Å². The van der Waals surface area contributed by atoms with Crippen molar-refractivity contribution in [3.05, 3.63) is 83.6 Å². The number of benzene rings is 2. The van der Waals surface area contributed by atoms with Crippen LogP contribution in [0.5, 0.6) is 0 Å². The fourth-order valence-electron chi connectivity index (χ4n) is 2.72. The summed E-state index contributed by atoms with van der Waals surface area (Å²) in [6, 6.07) is 19.1. The Labute approximate surface area is 177 Å². The Morgan fingerprint density at radius 2 is 1.72 bits per heavy atom. The molecule has 2 heterocycles. The zero-order valence-corrected chi connectivity index (χ0v) is 17.7. The molecule has 29 heavy (non-hydrogen) atoms. The number of nitrogens with zero attached hydrogens (tertiary/aromatic N) is 1. The number of furan rings is 1. The predicted molar refractivity (Wildman–Crippen MR) is 112 cm³/mol. The van der Waals surface area contributed by atoms with Crippen molar-refractivity contribution in [2.75, 3.05) is 0 Å². The summed E-state index contributed by atoms with van der Waals surface area (Å²) in [4.78, 5) is 4.36. The Balaban J connectivity index is 1.78. The first-order valence-electron chi connectivity index (χ1n) is 8.72. The summed E-state index contributed by atoms with van der Waals surface area (Å²) >= 11 is 7.19. The highest BCUT2D eigenvalue weighted by Gasteiger charge is 2.30. The van der Waals surface area contributed by atoms with Crippen LogP contribution in [0.25, 0.3) is 11.7 Å². The topological polar surface area (TPSA) is 73.3 Å². The largest absolute Gasteiger partial charge is 0.459 e. The van der Waals surface area contributed by atoms with E-state index in [-0.39, 0.29) is 26.2 Å². The van der Waals surface area contributed by atoms with Gasteiger partial charge in [0.25, 0.3) is 5.89 Å². The number of oxazole rings is 1. The van der Waals surface area contributed by atoms with Crippen LogP contribution >= 0.6 is 23.4 Å². The third kappa shape index (κ3) is 4.12. The number of hydrogen-bond donors (Lipinski definition) is 0. The molecule has 0 spiro atoms. The summed E-state index contributed by atoms with van der Waals surface area (Å²) in [6.07, 6.45) is 1.48. The van der Waals surface area contributed by atoms with Gasteiger partial charge in [0.2, 0.25) is 20.0 Å². The minimum atomic E-state index is -3.91. The molecule has 1 atom stereocenters. The first-order valence-corrected chi connectivity index (χ1v) is 11.5. The van der Waals surface area contributed by atoms with E-state index >= 15 is 0 Å². The highest BCUT2D eigenvalue weighted by Crippen LogP contribution is 2.41. The molecule has 4 rings (SSSR count). The van der Waals surface area contributed by atoms with Gasteiger partial charge >= 0.3 is 0 Å². The van der Waals surface area contributed by atoms with Crippen LogP contribution in [0.1, 0.15) is 17.7 Å². The molecule has 0 aliphatic heterocycles. The molecule has 0 saturated heterocycles. The van der Waals surface area contributed by atoms with Crippen molar-refractivity contribution in [3.8, 4) is 11.7 Å². The van der Waals surface area contributed by atoms with Crippen LogP contribution in [0.15, 0.2) is 96.8 Å². The molecule has 148 valence electrons. The van der Waals surface area contributed by atoms with Gasteiger partial charge in [-0.25, -0.2) is 8.42 Å². The molecule has 2 aromatic heterocycles. The van der Waals surface area contributed by atoms with E-state index in [1.54, 1.807) is 12.1 Å². The van der Waals surface area contributed by atoms with Crippen LogP contribution in [0.3, 0.4) is 0 Å². The second kappa shape index (κ2) is 8.10. The molecule has 0 bridgehead atoms. The minimum absolute atomic E-state index is 0.0484. The van der Waals surface area contributed by atoms with Crippen molar-refractivity contribution < 1.29 is 17.3 Å². The highest BCUT2D eigenvalue weighted by atomic mass is 35.5. The smallest absolute Gasteiger partial charge is 0.265 e. The van der Waals surface area contributed by atoms with Crippen LogP contribution in [-0.2, 0) is 9.84 Å². The van der Waals surface area contributed by atoms with E-state index in [0.717, 1.165) is 5.56 Å². The first kappa shape index (κ1) is 19.8. The van der Waals surface area contributed by atoms with Gasteiger partial charge in [-0.15, -0.1) is 0 Å². The Morgan fingerprint density at radius 3 is 2.38 bits per heavy atom. The lowest BCUT2D eigenvalue weighted by molar-refractivity contribution is 0.450. The molecule has 0 radical (unpaired) electrons. The zero-order valence-electron chi connectivity index (χ0n) is 15.3. The molecule has 5 nitrogen and oxygen atoms in total. The Kier molecular flexibility index (Phi) is 5.54. The standard InChI is InChI=1S/C21H16ClNO4S2/c1-14(15-6-3-2-4-7-15)28-21-20(23-19(27-21)18-8-5-13-26-18)29(24,25)17-11-9-16(22)10-12-17/h2-14H,1H3. The molecule has 0 aliphatic carbocycles. The summed E-state index contributed by atoms with van der Waals surface area (Å²) in [5.74, 6) is 0.474. The quantitative estimate of drug-likeness (QED) is 0.325. The minimum Gasteiger partial charge on any atom is -0.459 e. The van der Waals surface area contributed by atoms with Gasteiger partial charge in [0.15, 0.2) is 5.76 Å². The monoisotopic (exact) mass is 445 g/mol. The van der Waals surface area contributed by atoms with Gasteiger partial charge in [0.05, 0.1) is 11.2 Å². The van der Waals surface area contributed by atoms with E-state index in [1.165, 1.54) is 42.3 Å². The van der Waals surface area contributed by atoms with Crippen LogP contribution in [0.2, 0.25) is 5.02 Å². The average molecular weight is 446 g/mol. The molecular weight excluding hydrogens is 430 g/mol. The molecule has 0 aliphatic rings. The molecule has 4 aromatic rings. The van der Waals surface area contributed by atoms with E-state index in [1.807, 2.05) is 37.3 Å². The van der Waals surface area contributed by atoms with Gasteiger partial charge in [-0.3, -0.25) is 0 Å². The van der Waals surface area contributed by atoms with E-state index in [9.17, 15) is 8.42 Å². The summed E-state index contributed by atoms with van der Waals surface area (Å²) < 4.78 is 37.7. The fraction of sp³-hybridized carbons (Fsp3) is 0.0952. The molecule has 2 aromatic carbocycles. The van der Waals surface area contributed by atoms with E-state index in [2.05, 4.69) is 4.98 Å². The number of sulfone groups is 1. The fourth-order valence-corrected chi connectivity index (χ4v) is 5.39. The lowest BCUT2D eigenvalue weighted by Crippen LogP contribution is -2.04. The number of rotatable bonds is 6. The van der Waals surface area contributed by atoms with E-state index in [0.29, 0.717) is 10.8 Å². The van der Waals surface area contributed by atoms with E-state index in [4.69, 9.17) is 20.4 Å². The SMILES string of the molecule is CC(Sc1oc(-c2ccco2)nc1S(=O)(=O)c1ccc(Cl)cc1)c1ccccc1. The Hall–Kier alpha value is -2.48. The van der Waals surface area contributed by atoms with Crippen LogP contribution < -0.4 is 0 Å². The Morgan fingerprint density at radius 1 is 1.00 bits per heavy atom. The number of halogens is 1. The van der Waals surface area contributed by atoms with Crippen LogP contribution in [0, 0.1) is 0 Å². The summed E-state index contributed by atoms with van der Waals surface area (Å²) in [5.41, 5.74) is 1.04. The highest BCUT2D eigenvalue weighted by molar-refractivity contribution is 8.00. The zero-order chi connectivity index (χ0) is 20.4. The van der Waals surface area contributed by atoms with Gasteiger partial charge in [-0.05, 0) is 48.9 Å². The van der Waals surface area contributed by atoms with Crippen molar-refractivity contribution in [3.63, 3.8) is 0 Å². The molecule has 0 N–H and O–H groups in total. The number of aromatic nitrogens is 1. The summed E-state index contributed by atoms with van der Waals surface area (Å²) in [7, 11) is -3.91. The van der Waals surface area contributed by atoms with Crippen molar-refractivity contribution in [2.24, 2.45) is 0 Å². The lowest BCUT2D eigenvalue weighted by atomic mass is 10.2. The molecule has 0 amide bonds. The Bertz CT molecular complexity index is 1200. The van der Waals surface area contributed by atoms with Crippen LogP contribution in [-0.4, -0.2) is 13.4 Å². The normalized spacial score (nSPS) is 12.8. The van der Waals surface area contributed by atoms with Gasteiger partial charge in [-0.1, -0.05) is 53.7 Å². The lowest BCUT2D eigenvalue weighted by Gasteiger charge is -2.10. The van der Waals surface area contributed by atoms with Crippen molar-refractivity contribution in [1.82, 2.24) is 4.98 Å². The maximum absolute atomic E-state index is 13.3. The average Bonchev–Trinajstić information content (AvgIpc) is 3.39. The number of hydrogen-bond acceptors (Lipinski definition) is 6. The van der Waals surface area contributed by atoms with Gasteiger partial charge < -0.3 is 8.83 Å². The second-order valence-electron chi connectivity index (χ2n) is 6.22. The predicted octanol–water partition coefficient (Wildman–Crippen LogP) is 6.27. The molecule has 0 fully saturated rings. The third-order valence-corrected chi connectivity index (χ3v) is 7.41. The van der Waals surface area contributed by atoms with Gasteiger partial charge in [-0.2, -0.15) is 4.98 Å². The van der Waals surface area contributed by atoms with E-state index < -0.39 is 9.84 Å². The van der Waals surface area contributed by atoms with Crippen molar-refractivity contribution in [1.29, 1.82) is 0 Å². The van der Waals surface area contributed by atoms with Crippen molar-refractivity contribution in [2.45, 2.75) is 27.2 Å².